The Bertz CT molecular complexity index is 798. The number of fused-ring (bicyclic) bond motifs is 1. The predicted octanol–water partition coefficient (Wildman–Crippen LogP) is 5.34. The van der Waals surface area contributed by atoms with E-state index in [1.807, 2.05) is 12.1 Å². The zero-order valence-corrected chi connectivity index (χ0v) is 15.1. The van der Waals surface area contributed by atoms with Crippen LogP contribution >= 0.6 is 0 Å². The molecule has 1 N–H and O–H groups in total. The van der Waals surface area contributed by atoms with Crippen molar-refractivity contribution >= 4 is 0 Å². The summed E-state index contributed by atoms with van der Waals surface area (Å²) in [6.45, 7) is 9.41. The molecule has 124 valence electrons. The second kappa shape index (κ2) is 6.02. The molecule has 0 saturated carbocycles. The Kier molecular flexibility index (Phi) is 4.18. The number of phenolic OH excluding ortho intramolecular Hbond substituents is 1. The van der Waals surface area contributed by atoms with Crippen LogP contribution in [-0.4, -0.2) is 5.11 Å². The van der Waals surface area contributed by atoms with Crippen molar-refractivity contribution < 1.29 is 5.11 Å². The minimum Gasteiger partial charge on any atom is -0.508 e. The first-order valence-electron chi connectivity index (χ1n) is 8.70. The lowest BCUT2D eigenvalue weighted by Gasteiger charge is -2.42. The van der Waals surface area contributed by atoms with Gasteiger partial charge in [-0.3, -0.25) is 0 Å². The molecule has 0 heterocycles. The third kappa shape index (κ3) is 3.34. The Morgan fingerprint density at radius 2 is 1.50 bits per heavy atom. The van der Waals surface area contributed by atoms with Crippen LogP contribution < -0.4 is 0 Å². The maximum absolute atomic E-state index is 9.32. The number of aromatic hydroxyl groups is 1. The molecule has 2 aromatic carbocycles. The fourth-order valence-electron chi connectivity index (χ4n) is 3.54. The van der Waals surface area contributed by atoms with Gasteiger partial charge in [-0.15, -0.1) is 0 Å². The molecule has 0 unspecified atom stereocenters. The number of hydrogen-bond donors (Lipinski definition) is 1. The Morgan fingerprint density at radius 1 is 0.875 bits per heavy atom. The second-order valence-corrected chi connectivity index (χ2v) is 8.17. The van der Waals surface area contributed by atoms with E-state index in [-0.39, 0.29) is 16.6 Å². The van der Waals surface area contributed by atoms with Crippen molar-refractivity contribution in [1.29, 1.82) is 0 Å². The van der Waals surface area contributed by atoms with Gasteiger partial charge in [-0.25, -0.2) is 0 Å². The predicted molar refractivity (Wildman–Crippen MR) is 100 cm³/mol. The van der Waals surface area contributed by atoms with Crippen molar-refractivity contribution in [3.8, 4) is 17.6 Å². The summed E-state index contributed by atoms with van der Waals surface area (Å²) in [5.41, 5.74) is 5.71. The monoisotopic (exact) mass is 318 g/mol. The van der Waals surface area contributed by atoms with E-state index in [0.717, 1.165) is 12.0 Å². The van der Waals surface area contributed by atoms with Gasteiger partial charge in [-0.2, -0.15) is 0 Å². The van der Waals surface area contributed by atoms with Gasteiger partial charge >= 0.3 is 0 Å². The molecule has 0 saturated heterocycles. The Balaban J connectivity index is 1.85. The maximum atomic E-state index is 9.32. The molecule has 0 aromatic heterocycles. The quantitative estimate of drug-likeness (QED) is 0.704. The van der Waals surface area contributed by atoms with Crippen molar-refractivity contribution in [2.24, 2.45) is 0 Å². The lowest BCUT2D eigenvalue weighted by molar-refractivity contribution is 0.331. The average molecular weight is 318 g/mol. The zero-order chi connectivity index (χ0) is 17.4. The molecule has 0 atom stereocenters. The van der Waals surface area contributed by atoms with Crippen LogP contribution in [0.25, 0.3) is 0 Å². The van der Waals surface area contributed by atoms with Crippen LogP contribution in [0.5, 0.6) is 5.75 Å². The van der Waals surface area contributed by atoms with E-state index in [2.05, 4.69) is 57.7 Å². The molecular weight excluding hydrogens is 292 g/mol. The highest BCUT2D eigenvalue weighted by Gasteiger charge is 2.36. The highest BCUT2D eigenvalue weighted by molar-refractivity contribution is 5.45. The molecule has 1 nitrogen and oxygen atoms in total. The molecule has 3 rings (SSSR count). The molecule has 0 spiro atoms. The minimum absolute atomic E-state index is 0.241. The summed E-state index contributed by atoms with van der Waals surface area (Å²) in [7, 11) is 0. The molecule has 1 aliphatic carbocycles. The highest BCUT2D eigenvalue weighted by Crippen LogP contribution is 2.45. The van der Waals surface area contributed by atoms with Crippen molar-refractivity contribution in [3.05, 3.63) is 64.7 Å². The van der Waals surface area contributed by atoms with Crippen molar-refractivity contribution in [3.63, 3.8) is 0 Å². The number of rotatable bonds is 1. The first kappa shape index (κ1) is 16.7. The van der Waals surface area contributed by atoms with Gasteiger partial charge in [-0.05, 0) is 64.6 Å². The van der Waals surface area contributed by atoms with Crippen LogP contribution in [0.15, 0.2) is 42.5 Å². The summed E-state index contributed by atoms with van der Waals surface area (Å²) in [4.78, 5) is 0. The van der Waals surface area contributed by atoms with Crippen LogP contribution in [0.3, 0.4) is 0 Å². The van der Waals surface area contributed by atoms with Gasteiger partial charge in [0, 0.05) is 12.0 Å². The van der Waals surface area contributed by atoms with Crippen LogP contribution in [0.1, 0.15) is 62.8 Å². The van der Waals surface area contributed by atoms with Gasteiger partial charge < -0.3 is 5.11 Å². The lowest BCUT2D eigenvalue weighted by Crippen LogP contribution is -2.33. The van der Waals surface area contributed by atoms with Gasteiger partial charge in [0.15, 0.2) is 0 Å². The third-order valence-electron chi connectivity index (χ3n) is 5.31. The summed E-state index contributed by atoms with van der Waals surface area (Å²) < 4.78 is 0. The van der Waals surface area contributed by atoms with Gasteiger partial charge in [0.1, 0.15) is 5.75 Å². The average Bonchev–Trinajstić information content (AvgIpc) is 2.54. The smallest absolute Gasteiger partial charge is 0.115 e. The SMILES string of the molecule is CC1(C)CCC(C)(C)c2cc(CC#Cc3ccc(O)cc3)ccc21. The van der Waals surface area contributed by atoms with Crippen molar-refractivity contribution in [2.75, 3.05) is 0 Å². The van der Waals surface area contributed by atoms with E-state index in [9.17, 15) is 5.11 Å². The summed E-state index contributed by atoms with van der Waals surface area (Å²) >= 11 is 0. The first-order chi connectivity index (χ1) is 11.3. The Morgan fingerprint density at radius 3 is 2.17 bits per heavy atom. The van der Waals surface area contributed by atoms with Crippen LogP contribution in [-0.2, 0) is 17.3 Å². The minimum atomic E-state index is 0.241. The maximum Gasteiger partial charge on any atom is 0.115 e. The van der Waals surface area contributed by atoms with E-state index in [1.54, 1.807) is 12.1 Å². The molecule has 0 radical (unpaired) electrons. The third-order valence-corrected chi connectivity index (χ3v) is 5.31. The standard InChI is InChI=1S/C23H26O/c1-22(2)14-15-23(3,4)21-16-18(10-13-20(21)22)7-5-6-17-8-11-19(24)12-9-17/h8-13,16,24H,7,14-15H2,1-4H3. The Labute approximate surface area is 145 Å². The Hall–Kier alpha value is -2.20. The second-order valence-electron chi connectivity index (χ2n) is 8.17. The van der Waals surface area contributed by atoms with Gasteiger partial charge in [0.2, 0.25) is 0 Å². The largest absolute Gasteiger partial charge is 0.508 e. The first-order valence-corrected chi connectivity index (χ1v) is 8.70. The van der Waals surface area contributed by atoms with Crippen molar-refractivity contribution in [1.82, 2.24) is 0 Å². The molecule has 1 heteroatoms. The topological polar surface area (TPSA) is 20.2 Å². The van der Waals surface area contributed by atoms with E-state index in [1.165, 1.54) is 29.5 Å². The van der Waals surface area contributed by atoms with E-state index in [4.69, 9.17) is 0 Å². The fourth-order valence-corrected chi connectivity index (χ4v) is 3.54. The highest BCUT2D eigenvalue weighted by atomic mass is 16.3. The summed E-state index contributed by atoms with van der Waals surface area (Å²) in [6, 6.07) is 14.0. The zero-order valence-electron chi connectivity index (χ0n) is 15.1. The number of phenols is 1. The van der Waals surface area contributed by atoms with E-state index >= 15 is 0 Å². The summed E-state index contributed by atoms with van der Waals surface area (Å²) in [6.07, 6.45) is 3.23. The van der Waals surface area contributed by atoms with Crippen LogP contribution in [0.2, 0.25) is 0 Å². The summed E-state index contributed by atoms with van der Waals surface area (Å²) in [5.74, 6) is 6.71. The van der Waals surface area contributed by atoms with Crippen molar-refractivity contribution in [2.45, 2.75) is 57.8 Å². The molecule has 0 amide bonds. The van der Waals surface area contributed by atoms with Crippen LogP contribution in [0.4, 0.5) is 0 Å². The number of benzene rings is 2. The van der Waals surface area contributed by atoms with Crippen LogP contribution in [0, 0.1) is 11.8 Å². The summed E-state index contributed by atoms with van der Waals surface area (Å²) in [5, 5.41) is 9.32. The lowest BCUT2D eigenvalue weighted by atomic mass is 9.63. The molecule has 1 aliphatic rings. The molecule has 2 aromatic rings. The van der Waals surface area contributed by atoms with Gasteiger partial charge in [0.05, 0.1) is 0 Å². The molecular formula is C23H26O. The van der Waals surface area contributed by atoms with Gasteiger partial charge in [-0.1, -0.05) is 57.7 Å². The number of hydrogen-bond acceptors (Lipinski definition) is 1. The van der Waals surface area contributed by atoms with E-state index in [0.29, 0.717) is 0 Å². The van der Waals surface area contributed by atoms with Gasteiger partial charge in [0.25, 0.3) is 0 Å². The normalized spacial score (nSPS) is 17.5. The molecule has 0 bridgehead atoms. The molecule has 0 aliphatic heterocycles. The fraction of sp³-hybridized carbons (Fsp3) is 0.391. The molecule has 0 fully saturated rings. The molecule has 24 heavy (non-hydrogen) atoms. The van der Waals surface area contributed by atoms with E-state index < -0.39 is 0 Å².